The number of aromatic nitrogens is 1. The molecule has 20 heavy (non-hydrogen) atoms. The topological polar surface area (TPSA) is 45.2 Å². The predicted octanol–water partition coefficient (Wildman–Crippen LogP) is 3.15. The van der Waals surface area contributed by atoms with Crippen molar-refractivity contribution in [3.8, 4) is 0 Å². The van der Waals surface area contributed by atoms with Crippen LogP contribution in [0.3, 0.4) is 0 Å². The van der Waals surface area contributed by atoms with Gasteiger partial charge in [0.15, 0.2) is 5.13 Å². The molecule has 1 aliphatic rings. The quantitative estimate of drug-likeness (QED) is 0.903. The van der Waals surface area contributed by atoms with Gasteiger partial charge in [-0.3, -0.25) is 10.1 Å². The Bertz CT molecular complexity index is 638. The minimum atomic E-state index is -0.114. The van der Waals surface area contributed by atoms with Gasteiger partial charge in [0, 0.05) is 34.4 Å². The van der Waals surface area contributed by atoms with E-state index in [-0.39, 0.29) is 5.91 Å². The second kappa shape index (κ2) is 5.63. The van der Waals surface area contributed by atoms with Crippen LogP contribution in [0.2, 0.25) is 0 Å². The highest BCUT2D eigenvalue weighted by Crippen LogP contribution is 2.28. The third-order valence-corrected chi connectivity index (χ3v) is 4.78. The molecule has 1 aliphatic heterocycles. The summed E-state index contributed by atoms with van der Waals surface area (Å²) in [5.41, 5.74) is 1.76. The van der Waals surface area contributed by atoms with Gasteiger partial charge in [0.1, 0.15) is 0 Å². The van der Waals surface area contributed by atoms with Crippen LogP contribution in [0.25, 0.3) is 0 Å². The van der Waals surface area contributed by atoms with E-state index in [1.54, 1.807) is 23.5 Å². The van der Waals surface area contributed by atoms with Crippen LogP contribution in [0.4, 0.5) is 5.13 Å². The van der Waals surface area contributed by atoms with Gasteiger partial charge in [0.2, 0.25) is 0 Å². The molecule has 0 unspecified atom stereocenters. The van der Waals surface area contributed by atoms with E-state index in [4.69, 9.17) is 0 Å². The second-order valence-corrected chi connectivity index (χ2v) is 6.84. The van der Waals surface area contributed by atoms with Crippen LogP contribution in [-0.4, -0.2) is 29.4 Å². The van der Waals surface area contributed by atoms with Crippen LogP contribution in [0.15, 0.2) is 28.7 Å². The molecule has 3 rings (SSSR count). The monoisotopic (exact) mass is 351 g/mol. The Kier molecular flexibility index (Phi) is 3.87. The lowest BCUT2D eigenvalue weighted by molar-refractivity contribution is 0.102. The van der Waals surface area contributed by atoms with Gasteiger partial charge in [-0.2, -0.15) is 0 Å². The van der Waals surface area contributed by atoms with E-state index in [9.17, 15) is 4.79 Å². The van der Waals surface area contributed by atoms with Gasteiger partial charge in [-0.25, -0.2) is 4.98 Å². The van der Waals surface area contributed by atoms with Gasteiger partial charge in [0.05, 0.1) is 5.69 Å². The Morgan fingerprint density at radius 2 is 2.15 bits per heavy atom. The largest absolute Gasteiger partial charge is 0.301 e. The maximum absolute atomic E-state index is 12.1. The van der Waals surface area contributed by atoms with E-state index < -0.39 is 0 Å². The van der Waals surface area contributed by atoms with Gasteiger partial charge in [0.25, 0.3) is 5.91 Å². The summed E-state index contributed by atoms with van der Waals surface area (Å²) in [5.74, 6) is -0.114. The van der Waals surface area contributed by atoms with Gasteiger partial charge in [-0.15, -0.1) is 11.3 Å². The third kappa shape index (κ3) is 2.92. The standard InChI is InChI=1S/C14H14BrN3OS/c1-18-7-6-11-12(8-18)20-14(16-11)17-13(19)9-2-4-10(15)5-3-9/h2-5H,6-8H2,1H3,(H,16,17,19). The highest BCUT2D eigenvalue weighted by molar-refractivity contribution is 9.10. The van der Waals surface area contributed by atoms with Crippen LogP contribution < -0.4 is 5.32 Å². The molecule has 0 saturated carbocycles. The van der Waals surface area contributed by atoms with Gasteiger partial charge >= 0.3 is 0 Å². The first-order valence-electron chi connectivity index (χ1n) is 6.36. The number of fused-ring (bicyclic) bond motifs is 1. The Hall–Kier alpha value is -1.24. The molecule has 2 aromatic rings. The summed E-state index contributed by atoms with van der Waals surface area (Å²) in [6, 6.07) is 7.30. The zero-order valence-corrected chi connectivity index (χ0v) is 13.4. The van der Waals surface area contributed by atoms with E-state index >= 15 is 0 Å². The maximum Gasteiger partial charge on any atom is 0.257 e. The molecular formula is C14H14BrN3OS. The van der Waals surface area contributed by atoms with Crippen LogP contribution in [-0.2, 0) is 13.0 Å². The molecule has 2 heterocycles. The SMILES string of the molecule is CN1CCc2nc(NC(=O)c3ccc(Br)cc3)sc2C1. The summed E-state index contributed by atoms with van der Waals surface area (Å²) in [5, 5.41) is 3.58. The number of nitrogens with one attached hydrogen (secondary N) is 1. The fourth-order valence-corrected chi connectivity index (χ4v) is 3.49. The number of carbonyl (C=O) groups is 1. The van der Waals surface area contributed by atoms with E-state index in [1.165, 1.54) is 4.88 Å². The van der Waals surface area contributed by atoms with Crippen molar-refractivity contribution >= 4 is 38.3 Å². The third-order valence-electron chi connectivity index (χ3n) is 3.25. The summed E-state index contributed by atoms with van der Waals surface area (Å²) >= 11 is 4.93. The molecule has 0 aliphatic carbocycles. The average Bonchev–Trinajstić information content (AvgIpc) is 2.80. The van der Waals surface area contributed by atoms with E-state index in [1.807, 2.05) is 12.1 Å². The highest BCUT2D eigenvalue weighted by Gasteiger charge is 2.19. The summed E-state index contributed by atoms with van der Waals surface area (Å²) in [4.78, 5) is 20.2. The molecular weight excluding hydrogens is 338 g/mol. The van der Waals surface area contributed by atoms with E-state index in [2.05, 4.69) is 38.2 Å². The van der Waals surface area contributed by atoms with E-state index in [0.29, 0.717) is 10.7 Å². The zero-order valence-electron chi connectivity index (χ0n) is 11.0. The van der Waals surface area contributed by atoms with Gasteiger partial charge in [-0.1, -0.05) is 15.9 Å². The highest BCUT2D eigenvalue weighted by atomic mass is 79.9. The molecule has 0 spiro atoms. The Morgan fingerprint density at radius 1 is 1.40 bits per heavy atom. The lowest BCUT2D eigenvalue weighted by Crippen LogP contribution is -2.25. The Balaban J connectivity index is 1.75. The first-order valence-corrected chi connectivity index (χ1v) is 7.97. The molecule has 1 aromatic carbocycles. The number of carbonyl (C=O) groups excluding carboxylic acids is 1. The van der Waals surface area contributed by atoms with Crippen molar-refractivity contribution in [1.82, 2.24) is 9.88 Å². The number of anilines is 1. The molecule has 6 heteroatoms. The van der Waals surface area contributed by atoms with Crippen LogP contribution in [0, 0.1) is 0 Å². The molecule has 1 N–H and O–H groups in total. The first kappa shape index (κ1) is 13.7. The fraction of sp³-hybridized carbons (Fsp3) is 0.286. The number of halogens is 1. The van der Waals surface area contributed by atoms with Crippen molar-refractivity contribution in [3.05, 3.63) is 44.9 Å². The number of likely N-dealkylation sites (N-methyl/N-ethyl adjacent to an activating group) is 1. The lowest BCUT2D eigenvalue weighted by Gasteiger charge is -2.20. The molecule has 0 atom stereocenters. The summed E-state index contributed by atoms with van der Waals surface area (Å²) in [6.07, 6.45) is 0.955. The minimum Gasteiger partial charge on any atom is -0.301 e. The number of rotatable bonds is 2. The van der Waals surface area contributed by atoms with Crippen molar-refractivity contribution in [2.45, 2.75) is 13.0 Å². The normalized spacial score (nSPS) is 14.9. The number of hydrogen-bond donors (Lipinski definition) is 1. The molecule has 0 saturated heterocycles. The number of benzene rings is 1. The fourth-order valence-electron chi connectivity index (χ4n) is 2.15. The molecule has 0 bridgehead atoms. The maximum atomic E-state index is 12.1. The number of amides is 1. The average molecular weight is 352 g/mol. The lowest BCUT2D eigenvalue weighted by atomic mass is 10.2. The molecule has 0 fully saturated rings. The van der Waals surface area contributed by atoms with Crippen LogP contribution in [0.1, 0.15) is 20.9 Å². The predicted molar refractivity (Wildman–Crippen MR) is 84.2 cm³/mol. The van der Waals surface area contributed by atoms with Crippen molar-refractivity contribution in [1.29, 1.82) is 0 Å². The van der Waals surface area contributed by atoms with Crippen molar-refractivity contribution in [2.24, 2.45) is 0 Å². The van der Waals surface area contributed by atoms with Gasteiger partial charge < -0.3 is 4.90 Å². The molecule has 0 radical (unpaired) electrons. The van der Waals surface area contributed by atoms with Crippen LogP contribution >= 0.6 is 27.3 Å². The number of nitrogens with zero attached hydrogens (tertiary/aromatic N) is 2. The smallest absolute Gasteiger partial charge is 0.257 e. The molecule has 104 valence electrons. The first-order chi connectivity index (χ1) is 9.61. The van der Waals surface area contributed by atoms with Crippen molar-refractivity contribution < 1.29 is 4.79 Å². The summed E-state index contributed by atoms with van der Waals surface area (Å²) < 4.78 is 0.960. The minimum absolute atomic E-state index is 0.114. The van der Waals surface area contributed by atoms with Crippen molar-refractivity contribution in [2.75, 3.05) is 18.9 Å². The Morgan fingerprint density at radius 3 is 2.90 bits per heavy atom. The number of hydrogen-bond acceptors (Lipinski definition) is 4. The zero-order chi connectivity index (χ0) is 14.1. The Labute approximate surface area is 130 Å². The molecule has 1 aromatic heterocycles. The van der Waals surface area contributed by atoms with E-state index in [0.717, 1.165) is 29.7 Å². The molecule has 1 amide bonds. The second-order valence-electron chi connectivity index (χ2n) is 4.84. The molecule has 4 nitrogen and oxygen atoms in total. The number of thiazole rings is 1. The summed E-state index contributed by atoms with van der Waals surface area (Å²) in [7, 11) is 2.10. The summed E-state index contributed by atoms with van der Waals surface area (Å²) in [6.45, 7) is 1.94. The van der Waals surface area contributed by atoms with Gasteiger partial charge in [-0.05, 0) is 31.3 Å². The van der Waals surface area contributed by atoms with Crippen LogP contribution in [0.5, 0.6) is 0 Å². The van der Waals surface area contributed by atoms with Crippen molar-refractivity contribution in [3.63, 3.8) is 0 Å².